The smallest absolute Gasteiger partial charge is 0.268 e. The Balaban J connectivity index is 1.50. The van der Waals surface area contributed by atoms with Crippen LogP contribution in [0.15, 0.2) is 48.0 Å². The number of nitrogens with one attached hydrogen (secondary N) is 1. The molecule has 8 heteroatoms. The van der Waals surface area contributed by atoms with Gasteiger partial charge in [-0.05, 0) is 67.3 Å². The highest BCUT2D eigenvalue weighted by molar-refractivity contribution is 7.15. The summed E-state index contributed by atoms with van der Waals surface area (Å²) in [6, 6.07) is 15.1. The number of carbonyl (C=O) groups is 1. The molecule has 0 aliphatic rings. The molecule has 1 heterocycles. The lowest BCUT2D eigenvalue weighted by Crippen LogP contribution is -2.13. The normalized spacial score (nSPS) is 11.1. The molecule has 0 atom stereocenters. The van der Waals surface area contributed by atoms with E-state index < -0.39 is 5.91 Å². The molecule has 176 valence electrons. The number of ether oxygens (including phenoxy) is 2. The molecule has 0 aliphatic carbocycles. The number of nitriles is 1. The number of aromatic nitrogens is 2. The Bertz CT molecular complexity index is 1180. The molecule has 0 radical (unpaired) electrons. The van der Waals surface area contributed by atoms with Crippen molar-refractivity contribution < 1.29 is 14.3 Å². The van der Waals surface area contributed by atoms with E-state index in [1.54, 1.807) is 24.3 Å². The third-order valence-corrected chi connectivity index (χ3v) is 5.99. The van der Waals surface area contributed by atoms with Gasteiger partial charge >= 0.3 is 0 Å². The maximum Gasteiger partial charge on any atom is 0.268 e. The molecule has 3 rings (SSSR count). The minimum Gasteiger partial charge on any atom is -0.490 e. The van der Waals surface area contributed by atoms with Crippen LogP contribution in [0.2, 0.25) is 0 Å². The maximum absolute atomic E-state index is 12.5. The summed E-state index contributed by atoms with van der Waals surface area (Å²) in [7, 11) is 0. The first-order valence-corrected chi connectivity index (χ1v) is 12.0. The Morgan fingerprint density at radius 1 is 1.06 bits per heavy atom. The lowest BCUT2D eigenvalue weighted by atomic mass is 10.1. The van der Waals surface area contributed by atoms with Crippen molar-refractivity contribution in [2.24, 2.45) is 0 Å². The first-order chi connectivity index (χ1) is 16.5. The minimum absolute atomic E-state index is 0.0132. The standard InChI is InChI=1S/C26H28N4O3S/c1-4-5-6-24-29-30-26(34-24)28-25(31)21(17-27)16-20-8-11-22(12-9-20)32-13-14-33-23-10-7-18(2)19(3)15-23/h7-12,15-16H,4-6,13-14H2,1-3H3,(H,28,30,31). The van der Waals surface area contributed by atoms with Crippen molar-refractivity contribution in [3.05, 3.63) is 69.7 Å². The number of aryl methyl sites for hydroxylation is 3. The Morgan fingerprint density at radius 3 is 2.44 bits per heavy atom. The van der Waals surface area contributed by atoms with Gasteiger partial charge in [-0.1, -0.05) is 42.9 Å². The number of nitrogens with zero attached hydrogens (tertiary/aromatic N) is 3. The summed E-state index contributed by atoms with van der Waals surface area (Å²) in [4.78, 5) is 12.5. The molecule has 1 amide bonds. The first kappa shape index (κ1) is 24.9. The second-order valence-electron chi connectivity index (χ2n) is 7.74. The second kappa shape index (κ2) is 12.5. The van der Waals surface area contributed by atoms with Gasteiger partial charge in [-0.15, -0.1) is 10.2 Å². The van der Waals surface area contributed by atoms with Crippen molar-refractivity contribution in [1.82, 2.24) is 10.2 Å². The number of carbonyl (C=O) groups excluding carboxylic acids is 1. The third-order valence-electron chi connectivity index (χ3n) is 5.09. The van der Waals surface area contributed by atoms with Crippen LogP contribution in [0.4, 0.5) is 5.13 Å². The molecular formula is C26H28N4O3S. The fraction of sp³-hybridized carbons (Fsp3) is 0.308. The Morgan fingerprint density at radius 2 is 1.76 bits per heavy atom. The van der Waals surface area contributed by atoms with Crippen molar-refractivity contribution in [2.45, 2.75) is 40.0 Å². The monoisotopic (exact) mass is 476 g/mol. The molecule has 0 bridgehead atoms. The van der Waals surface area contributed by atoms with Gasteiger partial charge in [0.15, 0.2) is 0 Å². The zero-order valence-corrected chi connectivity index (χ0v) is 20.4. The van der Waals surface area contributed by atoms with Crippen LogP contribution in [-0.2, 0) is 11.2 Å². The molecule has 3 aromatic rings. The first-order valence-electron chi connectivity index (χ1n) is 11.2. The third kappa shape index (κ3) is 7.42. The van der Waals surface area contributed by atoms with Gasteiger partial charge in [0.2, 0.25) is 5.13 Å². The summed E-state index contributed by atoms with van der Waals surface area (Å²) in [5.74, 6) is 0.988. The summed E-state index contributed by atoms with van der Waals surface area (Å²) in [6.45, 7) is 7.05. The number of hydrogen-bond acceptors (Lipinski definition) is 7. The molecule has 0 unspecified atom stereocenters. The summed E-state index contributed by atoms with van der Waals surface area (Å²) in [5.41, 5.74) is 3.12. The van der Waals surface area contributed by atoms with Crippen molar-refractivity contribution in [3.8, 4) is 17.6 Å². The lowest BCUT2D eigenvalue weighted by molar-refractivity contribution is -0.112. The van der Waals surface area contributed by atoms with Crippen LogP contribution in [0, 0.1) is 25.2 Å². The van der Waals surface area contributed by atoms with Crippen molar-refractivity contribution >= 4 is 28.5 Å². The minimum atomic E-state index is -0.510. The van der Waals surface area contributed by atoms with E-state index in [0.29, 0.717) is 29.7 Å². The number of benzene rings is 2. The Labute approximate surface area is 204 Å². The quantitative estimate of drug-likeness (QED) is 0.223. The number of anilines is 1. The maximum atomic E-state index is 12.5. The van der Waals surface area contributed by atoms with E-state index in [9.17, 15) is 10.1 Å². The van der Waals surface area contributed by atoms with Crippen LogP contribution < -0.4 is 14.8 Å². The number of hydrogen-bond donors (Lipinski definition) is 1. The molecule has 0 saturated heterocycles. The molecule has 0 spiro atoms. The summed E-state index contributed by atoms with van der Waals surface area (Å²) in [6.07, 6.45) is 4.44. The summed E-state index contributed by atoms with van der Waals surface area (Å²) >= 11 is 1.33. The number of rotatable bonds is 11. The van der Waals surface area contributed by atoms with Gasteiger partial charge in [-0.2, -0.15) is 5.26 Å². The van der Waals surface area contributed by atoms with Gasteiger partial charge in [0.05, 0.1) is 0 Å². The predicted molar refractivity (Wildman–Crippen MR) is 134 cm³/mol. The molecule has 7 nitrogen and oxygen atoms in total. The van der Waals surface area contributed by atoms with Gasteiger partial charge in [0.25, 0.3) is 5.91 Å². The highest BCUT2D eigenvalue weighted by atomic mass is 32.1. The highest BCUT2D eigenvalue weighted by Gasteiger charge is 2.13. The van der Waals surface area contributed by atoms with Crippen molar-refractivity contribution in [3.63, 3.8) is 0 Å². The van der Waals surface area contributed by atoms with E-state index in [4.69, 9.17) is 9.47 Å². The SMILES string of the molecule is CCCCc1nnc(NC(=O)C(C#N)=Cc2ccc(OCCOc3ccc(C)c(C)c3)cc2)s1. The van der Waals surface area contributed by atoms with Crippen molar-refractivity contribution in [2.75, 3.05) is 18.5 Å². The topological polar surface area (TPSA) is 97.1 Å². The van der Waals surface area contributed by atoms with Crippen LogP contribution in [0.25, 0.3) is 6.08 Å². The zero-order chi connectivity index (χ0) is 24.3. The lowest BCUT2D eigenvalue weighted by Gasteiger charge is -2.10. The fourth-order valence-electron chi connectivity index (χ4n) is 3.00. The van der Waals surface area contributed by atoms with E-state index in [1.165, 1.54) is 28.5 Å². The van der Waals surface area contributed by atoms with Gasteiger partial charge in [0, 0.05) is 6.42 Å². The fourth-order valence-corrected chi connectivity index (χ4v) is 3.77. The molecule has 0 fully saturated rings. The molecule has 34 heavy (non-hydrogen) atoms. The molecular weight excluding hydrogens is 448 g/mol. The Kier molecular flexibility index (Phi) is 9.18. The van der Waals surface area contributed by atoms with Crippen LogP contribution in [0.5, 0.6) is 11.5 Å². The van der Waals surface area contributed by atoms with Crippen LogP contribution in [0.3, 0.4) is 0 Å². The number of unbranched alkanes of at least 4 members (excludes halogenated alkanes) is 1. The summed E-state index contributed by atoms with van der Waals surface area (Å²) in [5, 5.41) is 21.4. The number of amides is 1. The van der Waals surface area contributed by atoms with Crippen molar-refractivity contribution in [1.29, 1.82) is 5.26 Å². The second-order valence-corrected chi connectivity index (χ2v) is 8.80. The van der Waals surface area contributed by atoms with Gasteiger partial charge in [0.1, 0.15) is 41.4 Å². The average molecular weight is 477 g/mol. The highest BCUT2D eigenvalue weighted by Crippen LogP contribution is 2.20. The molecule has 1 aromatic heterocycles. The zero-order valence-electron chi connectivity index (χ0n) is 19.6. The molecule has 0 aliphatic heterocycles. The van der Waals surface area contributed by atoms with Gasteiger partial charge in [-0.25, -0.2) is 0 Å². The Hall–Kier alpha value is -3.70. The average Bonchev–Trinajstić information content (AvgIpc) is 3.29. The van der Waals surface area contributed by atoms with Crippen LogP contribution in [0.1, 0.15) is 41.5 Å². The molecule has 0 saturated carbocycles. The molecule has 1 N–H and O–H groups in total. The van der Waals surface area contributed by atoms with E-state index in [1.807, 2.05) is 24.3 Å². The van der Waals surface area contributed by atoms with Crippen LogP contribution in [-0.4, -0.2) is 29.3 Å². The van der Waals surface area contributed by atoms with Gasteiger partial charge in [-0.3, -0.25) is 10.1 Å². The van der Waals surface area contributed by atoms with E-state index >= 15 is 0 Å². The predicted octanol–water partition coefficient (Wildman–Crippen LogP) is 5.50. The van der Waals surface area contributed by atoms with Gasteiger partial charge < -0.3 is 9.47 Å². The van der Waals surface area contributed by atoms with E-state index in [2.05, 4.69) is 36.3 Å². The molecule has 2 aromatic carbocycles. The largest absolute Gasteiger partial charge is 0.490 e. The van der Waals surface area contributed by atoms with E-state index in [0.717, 1.165) is 30.0 Å². The summed E-state index contributed by atoms with van der Waals surface area (Å²) < 4.78 is 11.4. The van der Waals surface area contributed by atoms with Crippen LogP contribution >= 0.6 is 11.3 Å². The van der Waals surface area contributed by atoms with E-state index in [-0.39, 0.29) is 5.57 Å².